The fraction of sp³-hybridized carbons (Fsp3) is 0.650. The second-order valence-electron chi connectivity index (χ2n) is 7.92. The topological polar surface area (TPSA) is 66.9 Å². The maximum atomic E-state index is 13.8. The van der Waals surface area contributed by atoms with Crippen molar-refractivity contribution in [1.82, 2.24) is 4.31 Å². The van der Waals surface area contributed by atoms with Crippen molar-refractivity contribution >= 4 is 21.6 Å². The maximum Gasteiger partial charge on any atom is 0.234 e. The minimum atomic E-state index is -3.34. The van der Waals surface area contributed by atoms with Crippen LogP contribution in [0.2, 0.25) is 0 Å². The van der Waals surface area contributed by atoms with Gasteiger partial charge in [-0.15, -0.1) is 0 Å². The van der Waals surface area contributed by atoms with Crippen molar-refractivity contribution in [2.45, 2.75) is 44.6 Å². The molecule has 0 bridgehead atoms. The number of anilines is 1. The molecule has 2 heterocycles. The number of fused-ring (bicyclic) bond motifs is 2. The number of hydrogen-bond donors (Lipinski definition) is 0. The second kappa shape index (κ2) is 7.18. The minimum Gasteiger partial charge on any atom is -0.383 e. The van der Waals surface area contributed by atoms with Crippen LogP contribution in [0, 0.1) is 5.41 Å². The van der Waals surface area contributed by atoms with Crippen LogP contribution in [-0.2, 0) is 26.0 Å². The lowest BCUT2D eigenvalue weighted by Gasteiger charge is -2.51. The number of methoxy groups -OCH3 is 1. The highest BCUT2D eigenvalue weighted by molar-refractivity contribution is 7.89. The third-order valence-electron chi connectivity index (χ3n) is 6.57. The zero-order chi connectivity index (χ0) is 19.1. The number of para-hydroxylation sites is 1. The molecule has 1 aromatic carbocycles. The van der Waals surface area contributed by atoms with E-state index in [1.165, 1.54) is 5.56 Å². The molecule has 2 fully saturated rings. The van der Waals surface area contributed by atoms with Gasteiger partial charge in [0.15, 0.2) is 0 Å². The van der Waals surface area contributed by atoms with Gasteiger partial charge in [0.05, 0.1) is 17.8 Å². The summed E-state index contributed by atoms with van der Waals surface area (Å²) < 4.78 is 32.3. The average Bonchev–Trinajstić information content (AvgIpc) is 3.10. The summed E-state index contributed by atoms with van der Waals surface area (Å²) >= 11 is 0. The first-order valence-electron chi connectivity index (χ1n) is 9.88. The molecule has 1 saturated heterocycles. The largest absolute Gasteiger partial charge is 0.383 e. The van der Waals surface area contributed by atoms with Gasteiger partial charge in [0, 0.05) is 31.9 Å². The highest BCUT2D eigenvalue weighted by atomic mass is 32.2. The molecule has 0 radical (unpaired) electrons. The highest BCUT2D eigenvalue weighted by Gasteiger charge is 2.56. The number of ether oxygens (including phenoxy) is 1. The zero-order valence-corrected chi connectivity index (χ0v) is 16.7. The number of rotatable bonds is 4. The number of sulfonamides is 1. The number of hydrogen-bond acceptors (Lipinski definition) is 4. The minimum absolute atomic E-state index is 0.0500. The number of nitrogens with zero attached hydrogens (tertiary/aromatic N) is 2. The van der Waals surface area contributed by atoms with E-state index in [2.05, 4.69) is 6.07 Å². The summed E-state index contributed by atoms with van der Waals surface area (Å²) in [6, 6.07) is 7.82. The van der Waals surface area contributed by atoms with E-state index in [0.29, 0.717) is 26.1 Å². The predicted octanol–water partition coefficient (Wildman–Crippen LogP) is 2.19. The van der Waals surface area contributed by atoms with Gasteiger partial charge < -0.3 is 9.64 Å². The average molecular weight is 393 g/mol. The predicted molar refractivity (Wildman–Crippen MR) is 104 cm³/mol. The van der Waals surface area contributed by atoms with Crippen LogP contribution in [0.25, 0.3) is 0 Å². The van der Waals surface area contributed by atoms with Crippen LogP contribution in [-0.4, -0.2) is 57.2 Å². The molecule has 0 unspecified atom stereocenters. The molecule has 0 aromatic heterocycles. The Balaban J connectivity index is 1.70. The van der Waals surface area contributed by atoms with Gasteiger partial charge in [0.2, 0.25) is 15.9 Å². The summed E-state index contributed by atoms with van der Waals surface area (Å²) in [6.45, 7) is 1.37. The summed E-state index contributed by atoms with van der Waals surface area (Å²) in [7, 11) is -1.76. The fourth-order valence-corrected chi connectivity index (χ4v) is 7.11. The molecular formula is C20H28N2O4S. The van der Waals surface area contributed by atoms with E-state index >= 15 is 0 Å². The fourth-order valence-electron chi connectivity index (χ4n) is 5.21. The second-order valence-corrected chi connectivity index (χ2v) is 9.96. The molecule has 4 rings (SSSR count). The zero-order valence-electron chi connectivity index (χ0n) is 15.9. The lowest BCUT2D eigenvalue weighted by atomic mass is 9.67. The standard InChI is InChI=1S/C20H28N2O4S/c1-26-14-13-22-18-8-4-5-10-20(18,11-15-27(22,24)25)19(23)21-12-9-16-6-2-3-7-17(16)21/h2-3,6-7,18H,4-5,8-15H2,1H3/t18-,20-/m1/s1. The summed E-state index contributed by atoms with van der Waals surface area (Å²) in [5.74, 6) is 0.170. The Bertz CT molecular complexity index is 825. The Kier molecular flexibility index (Phi) is 5.03. The maximum absolute atomic E-state index is 13.8. The molecule has 148 valence electrons. The van der Waals surface area contributed by atoms with Crippen LogP contribution in [0.5, 0.6) is 0 Å². The van der Waals surface area contributed by atoms with Gasteiger partial charge in [-0.1, -0.05) is 31.0 Å². The van der Waals surface area contributed by atoms with E-state index in [-0.39, 0.29) is 17.7 Å². The van der Waals surface area contributed by atoms with Crippen LogP contribution < -0.4 is 4.90 Å². The Morgan fingerprint density at radius 3 is 2.89 bits per heavy atom. The van der Waals surface area contributed by atoms with Crippen LogP contribution in [0.15, 0.2) is 24.3 Å². The molecule has 7 heteroatoms. The molecule has 1 aromatic rings. The quantitative estimate of drug-likeness (QED) is 0.788. The van der Waals surface area contributed by atoms with E-state index in [1.54, 1.807) is 11.4 Å². The molecule has 3 aliphatic rings. The van der Waals surface area contributed by atoms with E-state index in [1.807, 2.05) is 23.1 Å². The molecule has 6 nitrogen and oxygen atoms in total. The van der Waals surface area contributed by atoms with Gasteiger partial charge in [0.1, 0.15) is 0 Å². The Hall–Kier alpha value is -1.44. The summed E-state index contributed by atoms with van der Waals surface area (Å²) in [5, 5.41) is 0. The first-order chi connectivity index (χ1) is 13.0. The smallest absolute Gasteiger partial charge is 0.234 e. The Morgan fingerprint density at radius 2 is 2.07 bits per heavy atom. The molecule has 0 N–H and O–H groups in total. The SMILES string of the molecule is COCCN1[C@@H]2CCCC[C@@]2(C(=O)N2CCc3ccccc32)CCS1(=O)=O. The van der Waals surface area contributed by atoms with Crippen molar-refractivity contribution in [3.63, 3.8) is 0 Å². The molecule has 2 aliphatic heterocycles. The number of benzene rings is 1. The number of carbonyl (C=O) groups is 1. The van der Waals surface area contributed by atoms with E-state index in [4.69, 9.17) is 4.74 Å². The molecule has 27 heavy (non-hydrogen) atoms. The first-order valence-corrected chi connectivity index (χ1v) is 11.5. The van der Waals surface area contributed by atoms with E-state index < -0.39 is 15.4 Å². The third kappa shape index (κ3) is 3.09. The van der Waals surface area contributed by atoms with Gasteiger partial charge >= 0.3 is 0 Å². The summed E-state index contributed by atoms with van der Waals surface area (Å²) in [6.07, 6.45) is 4.78. The molecular weight excluding hydrogens is 364 g/mol. The van der Waals surface area contributed by atoms with Crippen LogP contribution >= 0.6 is 0 Å². The monoisotopic (exact) mass is 392 g/mol. The van der Waals surface area contributed by atoms with Gasteiger partial charge in [0.25, 0.3) is 0 Å². The molecule has 1 amide bonds. The van der Waals surface area contributed by atoms with E-state index in [9.17, 15) is 13.2 Å². The van der Waals surface area contributed by atoms with Crippen molar-refractivity contribution in [3.8, 4) is 0 Å². The van der Waals surface area contributed by atoms with Gasteiger partial charge in [-0.25, -0.2) is 8.42 Å². The Labute approximate surface area is 161 Å². The van der Waals surface area contributed by atoms with Crippen LogP contribution in [0.1, 0.15) is 37.7 Å². The van der Waals surface area contributed by atoms with Gasteiger partial charge in [-0.3, -0.25) is 4.79 Å². The lowest BCUT2D eigenvalue weighted by molar-refractivity contribution is -0.134. The summed E-state index contributed by atoms with van der Waals surface area (Å²) in [5.41, 5.74) is 1.60. The van der Waals surface area contributed by atoms with Crippen molar-refractivity contribution in [2.75, 3.05) is 37.5 Å². The van der Waals surface area contributed by atoms with E-state index in [0.717, 1.165) is 37.8 Å². The van der Waals surface area contributed by atoms with Gasteiger partial charge in [-0.05, 0) is 37.3 Å². The normalized spacial score (nSPS) is 30.0. The van der Waals surface area contributed by atoms with Gasteiger partial charge in [-0.2, -0.15) is 4.31 Å². The third-order valence-corrected chi connectivity index (χ3v) is 8.45. The first kappa shape index (κ1) is 18.9. The van der Waals surface area contributed by atoms with Crippen molar-refractivity contribution in [2.24, 2.45) is 5.41 Å². The molecule has 1 saturated carbocycles. The van der Waals surface area contributed by atoms with Crippen molar-refractivity contribution in [3.05, 3.63) is 29.8 Å². The highest BCUT2D eigenvalue weighted by Crippen LogP contribution is 2.49. The molecule has 0 spiro atoms. The van der Waals surface area contributed by atoms with Crippen LogP contribution in [0.4, 0.5) is 5.69 Å². The summed E-state index contributed by atoms with van der Waals surface area (Å²) in [4.78, 5) is 15.7. The van der Waals surface area contributed by atoms with Crippen molar-refractivity contribution < 1.29 is 17.9 Å². The number of amides is 1. The molecule has 2 atom stereocenters. The van der Waals surface area contributed by atoms with Crippen molar-refractivity contribution in [1.29, 1.82) is 0 Å². The molecule has 1 aliphatic carbocycles. The Morgan fingerprint density at radius 1 is 1.26 bits per heavy atom. The van der Waals surface area contributed by atoms with Crippen LogP contribution in [0.3, 0.4) is 0 Å². The number of carbonyl (C=O) groups excluding carboxylic acids is 1. The lowest BCUT2D eigenvalue weighted by Crippen LogP contribution is -2.63.